The van der Waals surface area contributed by atoms with Crippen molar-refractivity contribution in [1.29, 1.82) is 0 Å². The number of hydrogen-bond donors (Lipinski definition) is 2. The van der Waals surface area contributed by atoms with E-state index >= 15 is 0 Å². The van der Waals surface area contributed by atoms with Gasteiger partial charge in [0.2, 0.25) is 11.8 Å². The van der Waals surface area contributed by atoms with Gasteiger partial charge in [-0.25, -0.2) is 0 Å². The first-order valence-corrected chi connectivity index (χ1v) is 8.28. The highest BCUT2D eigenvalue weighted by Crippen LogP contribution is 2.45. The van der Waals surface area contributed by atoms with Gasteiger partial charge in [-0.05, 0) is 26.2 Å². The Labute approximate surface area is 136 Å². The fourth-order valence-corrected chi connectivity index (χ4v) is 3.36. The lowest BCUT2D eigenvalue weighted by Gasteiger charge is -2.37. The molecule has 0 bridgehead atoms. The molecule has 0 unspecified atom stereocenters. The zero-order valence-corrected chi connectivity index (χ0v) is 13.9. The molecule has 4 atom stereocenters. The van der Waals surface area contributed by atoms with Gasteiger partial charge in [0.1, 0.15) is 11.6 Å². The minimum atomic E-state index is -0.874. The average Bonchev–Trinajstić information content (AvgIpc) is 3.22. The van der Waals surface area contributed by atoms with Crippen LogP contribution in [0.25, 0.3) is 0 Å². The van der Waals surface area contributed by atoms with Gasteiger partial charge in [-0.2, -0.15) is 0 Å². The van der Waals surface area contributed by atoms with E-state index in [2.05, 4.69) is 11.9 Å². The van der Waals surface area contributed by atoms with Crippen molar-refractivity contribution in [2.45, 2.75) is 63.6 Å². The highest BCUT2D eigenvalue weighted by atomic mass is 16.3. The number of likely N-dealkylation sites (tertiary alicyclic amines) is 1. The SMILES string of the molecule is C=C[C@@H]1C[C@]1(NC(=O)[C@@H]1C[C@H](O)CCN1C(=O)CCC)C(C)=O. The number of rotatable bonds is 6. The van der Waals surface area contributed by atoms with E-state index in [1.54, 1.807) is 11.0 Å². The molecule has 0 aromatic rings. The number of ketones is 1. The molecule has 0 radical (unpaired) electrons. The summed E-state index contributed by atoms with van der Waals surface area (Å²) in [5.74, 6) is -0.587. The summed E-state index contributed by atoms with van der Waals surface area (Å²) in [6.07, 6.45) is 3.42. The highest BCUT2D eigenvalue weighted by molar-refractivity contribution is 5.97. The largest absolute Gasteiger partial charge is 0.393 e. The second kappa shape index (κ2) is 6.83. The minimum absolute atomic E-state index is 0.0581. The van der Waals surface area contributed by atoms with Crippen molar-refractivity contribution < 1.29 is 19.5 Å². The van der Waals surface area contributed by atoms with Gasteiger partial charge < -0.3 is 15.3 Å². The monoisotopic (exact) mass is 322 g/mol. The van der Waals surface area contributed by atoms with Gasteiger partial charge in [-0.3, -0.25) is 14.4 Å². The maximum atomic E-state index is 12.7. The van der Waals surface area contributed by atoms with Crippen LogP contribution in [0.4, 0.5) is 0 Å². The quantitative estimate of drug-likeness (QED) is 0.708. The Morgan fingerprint density at radius 2 is 2.13 bits per heavy atom. The molecule has 1 saturated heterocycles. The molecule has 128 valence electrons. The summed E-state index contributed by atoms with van der Waals surface area (Å²) in [7, 11) is 0. The number of amides is 2. The second-order valence-corrected chi connectivity index (χ2v) is 6.59. The van der Waals surface area contributed by atoms with E-state index in [0.29, 0.717) is 32.2 Å². The Morgan fingerprint density at radius 3 is 2.65 bits per heavy atom. The molecule has 6 nitrogen and oxygen atoms in total. The van der Waals surface area contributed by atoms with Gasteiger partial charge >= 0.3 is 0 Å². The van der Waals surface area contributed by atoms with Crippen molar-refractivity contribution in [2.24, 2.45) is 5.92 Å². The van der Waals surface area contributed by atoms with Crippen LogP contribution in [-0.2, 0) is 14.4 Å². The van der Waals surface area contributed by atoms with Crippen molar-refractivity contribution in [1.82, 2.24) is 10.2 Å². The van der Waals surface area contributed by atoms with E-state index in [-0.39, 0.29) is 29.9 Å². The van der Waals surface area contributed by atoms with E-state index in [4.69, 9.17) is 0 Å². The standard InChI is InChI=1S/C17H26N2O4/c1-4-6-15(22)19-8-7-13(21)9-14(19)16(23)18-17(11(3)20)10-12(17)5-2/h5,12-14,21H,2,4,6-10H2,1,3H3,(H,18,23)/t12-,13-,14+,17+/m1/s1. The van der Waals surface area contributed by atoms with Crippen molar-refractivity contribution in [2.75, 3.05) is 6.54 Å². The number of aliphatic hydroxyl groups excluding tert-OH is 1. The minimum Gasteiger partial charge on any atom is -0.393 e. The Hall–Kier alpha value is -1.69. The summed E-state index contributed by atoms with van der Waals surface area (Å²) in [6.45, 7) is 7.43. The Morgan fingerprint density at radius 1 is 1.43 bits per heavy atom. The van der Waals surface area contributed by atoms with Crippen molar-refractivity contribution in [3.05, 3.63) is 12.7 Å². The van der Waals surface area contributed by atoms with Gasteiger partial charge in [0, 0.05) is 25.3 Å². The summed E-state index contributed by atoms with van der Waals surface area (Å²) in [5, 5.41) is 12.7. The third kappa shape index (κ3) is 3.47. The number of piperidine rings is 1. The first-order valence-electron chi connectivity index (χ1n) is 8.28. The highest BCUT2D eigenvalue weighted by Gasteiger charge is 2.58. The number of carbonyl (C=O) groups is 3. The van der Waals surface area contributed by atoms with E-state index in [1.807, 2.05) is 6.92 Å². The predicted octanol–water partition coefficient (Wildman–Crippen LogP) is 0.788. The molecule has 6 heteroatoms. The van der Waals surface area contributed by atoms with E-state index in [9.17, 15) is 19.5 Å². The number of nitrogens with one attached hydrogen (secondary N) is 1. The maximum absolute atomic E-state index is 12.7. The Kier molecular flexibility index (Phi) is 5.24. The average molecular weight is 322 g/mol. The van der Waals surface area contributed by atoms with Crippen LogP contribution in [0, 0.1) is 5.92 Å². The zero-order valence-electron chi connectivity index (χ0n) is 13.9. The van der Waals surface area contributed by atoms with Crippen LogP contribution in [0.1, 0.15) is 46.0 Å². The van der Waals surface area contributed by atoms with Crippen LogP contribution in [0.15, 0.2) is 12.7 Å². The summed E-state index contributed by atoms with van der Waals surface area (Å²) >= 11 is 0. The molecule has 2 fully saturated rings. The van der Waals surface area contributed by atoms with Crippen LogP contribution >= 0.6 is 0 Å². The summed E-state index contributed by atoms with van der Waals surface area (Å²) in [5.41, 5.74) is -0.874. The van der Waals surface area contributed by atoms with Crippen LogP contribution in [0.5, 0.6) is 0 Å². The number of nitrogens with zero attached hydrogens (tertiary/aromatic N) is 1. The smallest absolute Gasteiger partial charge is 0.243 e. The van der Waals surface area contributed by atoms with Gasteiger partial charge in [0.15, 0.2) is 5.78 Å². The molecule has 1 aliphatic heterocycles. The van der Waals surface area contributed by atoms with E-state index in [0.717, 1.165) is 0 Å². The first-order chi connectivity index (χ1) is 10.9. The first kappa shape index (κ1) is 17.7. The third-order valence-corrected chi connectivity index (χ3v) is 4.94. The van der Waals surface area contributed by atoms with Crippen molar-refractivity contribution in [3.63, 3.8) is 0 Å². The maximum Gasteiger partial charge on any atom is 0.243 e. The molecule has 1 saturated carbocycles. The molecule has 23 heavy (non-hydrogen) atoms. The molecule has 2 rings (SSSR count). The normalized spacial score (nSPS) is 33.0. The van der Waals surface area contributed by atoms with Gasteiger partial charge in [0.05, 0.1) is 6.10 Å². The van der Waals surface area contributed by atoms with E-state index < -0.39 is 17.7 Å². The number of hydrogen-bond acceptors (Lipinski definition) is 4. The molecular weight excluding hydrogens is 296 g/mol. The zero-order chi connectivity index (χ0) is 17.2. The van der Waals surface area contributed by atoms with Crippen LogP contribution in [-0.4, -0.2) is 51.8 Å². The summed E-state index contributed by atoms with van der Waals surface area (Å²) < 4.78 is 0. The molecule has 1 aliphatic carbocycles. The lowest BCUT2D eigenvalue weighted by atomic mass is 9.97. The fourth-order valence-electron chi connectivity index (χ4n) is 3.36. The van der Waals surface area contributed by atoms with Crippen LogP contribution < -0.4 is 5.32 Å². The lowest BCUT2D eigenvalue weighted by Crippen LogP contribution is -2.58. The molecular formula is C17H26N2O4. The number of aliphatic hydroxyl groups is 1. The molecule has 0 spiro atoms. The Balaban J connectivity index is 2.12. The number of carbonyl (C=O) groups excluding carboxylic acids is 3. The topological polar surface area (TPSA) is 86.7 Å². The molecule has 2 aliphatic rings. The van der Waals surface area contributed by atoms with Gasteiger partial charge in [-0.15, -0.1) is 6.58 Å². The second-order valence-electron chi connectivity index (χ2n) is 6.59. The lowest BCUT2D eigenvalue weighted by molar-refractivity contribution is -0.145. The molecule has 2 N–H and O–H groups in total. The fraction of sp³-hybridized carbons (Fsp3) is 0.706. The summed E-state index contributed by atoms with van der Waals surface area (Å²) in [6, 6.07) is -0.708. The van der Waals surface area contributed by atoms with Crippen molar-refractivity contribution >= 4 is 17.6 Å². The van der Waals surface area contributed by atoms with Crippen molar-refractivity contribution in [3.8, 4) is 0 Å². The predicted molar refractivity (Wildman–Crippen MR) is 85.5 cm³/mol. The van der Waals surface area contributed by atoms with Gasteiger partial charge in [-0.1, -0.05) is 13.0 Å². The van der Waals surface area contributed by atoms with E-state index in [1.165, 1.54) is 6.92 Å². The third-order valence-electron chi connectivity index (χ3n) is 4.94. The molecule has 1 heterocycles. The molecule has 2 amide bonds. The molecule has 0 aromatic heterocycles. The van der Waals surface area contributed by atoms with Crippen LogP contribution in [0.3, 0.4) is 0 Å². The Bertz CT molecular complexity index is 519. The van der Waals surface area contributed by atoms with Gasteiger partial charge in [0.25, 0.3) is 0 Å². The van der Waals surface area contributed by atoms with Crippen LogP contribution in [0.2, 0.25) is 0 Å². The summed E-state index contributed by atoms with van der Waals surface area (Å²) in [4.78, 5) is 38.4. The number of Topliss-reactive ketones (excluding diaryl/α,β-unsaturated/α-hetero) is 1. The molecule has 0 aromatic carbocycles.